The highest BCUT2D eigenvalue weighted by Crippen LogP contribution is 2.39. The van der Waals surface area contributed by atoms with Crippen LogP contribution in [-0.4, -0.2) is 58.3 Å². The fourth-order valence-electron chi connectivity index (χ4n) is 4.48. The number of ether oxygens (including phenoxy) is 3. The Balaban J connectivity index is 1.57. The van der Waals surface area contributed by atoms with Gasteiger partial charge in [0.05, 0.1) is 12.1 Å². The lowest BCUT2D eigenvalue weighted by atomic mass is 9.99. The maximum absolute atomic E-state index is 15.3. The Bertz CT molecular complexity index is 1540. The van der Waals surface area contributed by atoms with Crippen molar-refractivity contribution in [3.05, 3.63) is 58.9 Å². The van der Waals surface area contributed by atoms with Crippen LogP contribution in [0.5, 0.6) is 11.5 Å². The van der Waals surface area contributed by atoms with Crippen LogP contribution in [0.4, 0.5) is 25.1 Å². The molecule has 1 aliphatic rings. The molecule has 10 nitrogen and oxygen atoms in total. The van der Waals surface area contributed by atoms with Gasteiger partial charge in [0.1, 0.15) is 47.2 Å². The number of hydrogen-bond acceptors (Lipinski definition) is 8. The zero-order valence-electron chi connectivity index (χ0n) is 24.7. The maximum atomic E-state index is 15.3. The number of halogens is 2. The van der Waals surface area contributed by atoms with Crippen LogP contribution in [0.2, 0.25) is 0 Å². The van der Waals surface area contributed by atoms with Crippen molar-refractivity contribution < 1.29 is 32.6 Å². The Morgan fingerprint density at radius 3 is 2.60 bits per heavy atom. The van der Waals surface area contributed by atoms with E-state index in [1.54, 1.807) is 40.8 Å². The predicted molar refractivity (Wildman–Crippen MR) is 154 cm³/mol. The Morgan fingerprint density at radius 1 is 1.19 bits per heavy atom. The van der Waals surface area contributed by atoms with Crippen LogP contribution in [0.15, 0.2) is 30.6 Å². The maximum Gasteiger partial charge on any atom is 0.410 e. The number of nitrogen functional groups attached to an aromatic ring is 1. The number of amides is 2. The third-order valence-corrected chi connectivity index (χ3v) is 6.52. The molecular formula is C30H35F2N5O5. The fourth-order valence-corrected chi connectivity index (χ4v) is 4.48. The van der Waals surface area contributed by atoms with Gasteiger partial charge in [-0.3, -0.25) is 4.79 Å². The number of benzene rings is 2. The third-order valence-electron chi connectivity index (χ3n) is 6.52. The van der Waals surface area contributed by atoms with Crippen molar-refractivity contribution in [2.75, 3.05) is 31.2 Å². The third kappa shape index (κ3) is 6.69. The lowest BCUT2D eigenvalue weighted by Gasteiger charge is -2.24. The summed E-state index contributed by atoms with van der Waals surface area (Å²) in [6.45, 7) is 10.8. The summed E-state index contributed by atoms with van der Waals surface area (Å²) in [7, 11) is 1.56. The second-order valence-electron chi connectivity index (χ2n) is 11.7. The lowest BCUT2D eigenvalue weighted by Crippen LogP contribution is -2.36. The molecule has 3 N–H and O–H groups in total. The second kappa shape index (κ2) is 11.4. The fraction of sp³-hybridized carbons (Fsp3) is 0.400. The highest BCUT2D eigenvalue weighted by molar-refractivity contribution is 6.05. The van der Waals surface area contributed by atoms with E-state index < -0.39 is 34.8 Å². The van der Waals surface area contributed by atoms with Crippen LogP contribution >= 0.6 is 0 Å². The molecule has 4 rings (SSSR count). The van der Waals surface area contributed by atoms with Gasteiger partial charge in [0.25, 0.3) is 5.91 Å². The van der Waals surface area contributed by atoms with Gasteiger partial charge >= 0.3 is 6.09 Å². The number of nitrogens with zero attached hydrogens (tertiary/aromatic N) is 3. The molecule has 224 valence electrons. The van der Waals surface area contributed by atoms with Gasteiger partial charge in [-0.1, -0.05) is 0 Å². The minimum Gasteiger partial charge on any atom is -0.487 e. The first-order valence-corrected chi connectivity index (χ1v) is 13.4. The predicted octanol–water partition coefficient (Wildman–Crippen LogP) is 5.52. The molecule has 0 aliphatic carbocycles. The summed E-state index contributed by atoms with van der Waals surface area (Å²) in [5.74, 6) is -1.63. The summed E-state index contributed by atoms with van der Waals surface area (Å²) in [6, 6.07) is 5.25. The van der Waals surface area contributed by atoms with E-state index in [2.05, 4.69) is 15.3 Å². The number of nitrogens with one attached hydrogen (secondary N) is 1. The van der Waals surface area contributed by atoms with Crippen LogP contribution in [0.1, 0.15) is 56.1 Å². The van der Waals surface area contributed by atoms with E-state index in [0.29, 0.717) is 23.3 Å². The Morgan fingerprint density at radius 2 is 1.90 bits per heavy atom. The average Bonchev–Trinajstić information content (AvgIpc) is 3.21. The first kappa shape index (κ1) is 30.5. The molecule has 0 fully saturated rings. The van der Waals surface area contributed by atoms with E-state index in [9.17, 15) is 14.0 Å². The summed E-state index contributed by atoms with van der Waals surface area (Å²) < 4.78 is 47.1. The average molecular weight is 584 g/mol. The van der Waals surface area contributed by atoms with Gasteiger partial charge in [-0.2, -0.15) is 0 Å². The SMILES string of the molecule is Cc1c(NC(=O)c2ccc3c(c2F)CC(C)(C)O3)cc(F)cc1-c1ncnc(N)c1OCCN(C)C(=O)OC(C)(C)C. The lowest BCUT2D eigenvalue weighted by molar-refractivity contribution is 0.0278. The summed E-state index contributed by atoms with van der Waals surface area (Å²) >= 11 is 0. The summed E-state index contributed by atoms with van der Waals surface area (Å²) in [5.41, 5.74) is 5.97. The minimum atomic E-state index is -0.747. The molecular weight excluding hydrogens is 548 g/mol. The number of carbonyl (C=O) groups is 2. The topological polar surface area (TPSA) is 129 Å². The number of nitrogens with two attached hydrogens (primary N) is 1. The molecule has 2 amide bonds. The van der Waals surface area contributed by atoms with E-state index >= 15 is 4.39 Å². The van der Waals surface area contributed by atoms with Crippen molar-refractivity contribution in [1.82, 2.24) is 14.9 Å². The Labute approximate surface area is 243 Å². The van der Waals surface area contributed by atoms with E-state index in [4.69, 9.17) is 19.9 Å². The molecule has 1 aliphatic heterocycles. The number of likely N-dealkylation sites (N-methyl/N-ethyl adjacent to an activating group) is 1. The molecule has 0 unspecified atom stereocenters. The van der Waals surface area contributed by atoms with Crippen molar-refractivity contribution in [2.24, 2.45) is 0 Å². The number of rotatable bonds is 7. The van der Waals surface area contributed by atoms with Gasteiger partial charge in [-0.15, -0.1) is 0 Å². The molecule has 42 heavy (non-hydrogen) atoms. The van der Waals surface area contributed by atoms with Gasteiger partial charge in [0.15, 0.2) is 11.6 Å². The quantitative estimate of drug-likeness (QED) is 0.372. The van der Waals surface area contributed by atoms with E-state index in [1.165, 1.54) is 23.4 Å². The zero-order valence-corrected chi connectivity index (χ0v) is 24.7. The summed E-state index contributed by atoms with van der Waals surface area (Å²) in [5, 5.41) is 2.62. The van der Waals surface area contributed by atoms with E-state index in [0.717, 1.165) is 6.07 Å². The van der Waals surface area contributed by atoms with Gasteiger partial charge in [0, 0.05) is 30.3 Å². The molecule has 0 bridgehead atoms. The first-order chi connectivity index (χ1) is 19.6. The first-order valence-electron chi connectivity index (χ1n) is 13.4. The van der Waals surface area contributed by atoms with E-state index in [1.807, 2.05) is 13.8 Å². The van der Waals surface area contributed by atoms with Gasteiger partial charge in [-0.25, -0.2) is 23.5 Å². The van der Waals surface area contributed by atoms with Crippen LogP contribution in [0.3, 0.4) is 0 Å². The number of fused-ring (bicyclic) bond motifs is 1. The molecule has 12 heteroatoms. The Kier molecular flexibility index (Phi) is 8.29. The number of anilines is 2. The van der Waals surface area contributed by atoms with Crippen LogP contribution in [0.25, 0.3) is 11.3 Å². The minimum absolute atomic E-state index is 0.000442. The zero-order chi connectivity index (χ0) is 31.0. The standard InChI is InChI=1S/C30H35F2N5O5/c1-16-19(24-25(26(33)35-15-34-24)40-11-10-37(7)28(39)42-29(2,3)4)12-17(31)13-21(16)36-27(38)18-8-9-22-20(23(18)32)14-30(5,6)41-22/h8-9,12-13,15H,10-11,14H2,1-7H3,(H,36,38)(H2,33,34,35). The molecule has 0 radical (unpaired) electrons. The molecule has 0 saturated heterocycles. The van der Waals surface area contributed by atoms with Gasteiger partial charge in [-0.05, 0) is 71.4 Å². The van der Waals surface area contributed by atoms with Crippen molar-refractivity contribution in [3.8, 4) is 22.8 Å². The highest BCUT2D eigenvalue weighted by Gasteiger charge is 2.34. The molecule has 3 aromatic rings. The summed E-state index contributed by atoms with van der Waals surface area (Å²) in [6.07, 6.45) is 0.987. The number of carbonyl (C=O) groups excluding carboxylic acids is 2. The monoisotopic (exact) mass is 583 g/mol. The number of aromatic nitrogens is 2. The normalized spacial score (nSPS) is 13.6. The molecule has 0 spiro atoms. The van der Waals surface area contributed by atoms with Crippen LogP contribution in [-0.2, 0) is 11.2 Å². The highest BCUT2D eigenvalue weighted by atomic mass is 19.1. The molecule has 0 atom stereocenters. The van der Waals surface area contributed by atoms with E-state index in [-0.39, 0.29) is 47.2 Å². The molecule has 2 heterocycles. The van der Waals surface area contributed by atoms with Crippen molar-refractivity contribution >= 4 is 23.5 Å². The second-order valence-corrected chi connectivity index (χ2v) is 11.7. The van der Waals surface area contributed by atoms with Crippen LogP contribution in [0, 0.1) is 18.6 Å². The smallest absolute Gasteiger partial charge is 0.410 e. The van der Waals surface area contributed by atoms with Crippen molar-refractivity contribution in [2.45, 2.75) is 59.2 Å². The van der Waals surface area contributed by atoms with Crippen molar-refractivity contribution in [3.63, 3.8) is 0 Å². The molecule has 1 aromatic heterocycles. The van der Waals surface area contributed by atoms with Crippen LogP contribution < -0.4 is 20.5 Å². The Hall–Kier alpha value is -4.48. The molecule has 2 aromatic carbocycles. The van der Waals surface area contributed by atoms with Gasteiger partial charge < -0.3 is 30.2 Å². The largest absolute Gasteiger partial charge is 0.487 e. The molecule has 0 saturated carbocycles. The summed E-state index contributed by atoms with van der Waals surface area (Å²) in [4.78, 5) is 35.0. The van der Waals surface area contributed by atoms with Crippen molar-refractivity contribution in [1.29, 1.82) is 0 Å². The number of hydrogen-bond donors (Lipinski definition) is 2. The van der Waals surface area contributed by atoms with Gasteiger partial charge in [0.2, 0.25) is 0 Å².